The van der Waals surface area contributed by atoms with Gasteiger partial charge in [0.25, 0.3) is 0 Å². The van der Waals surface area contributed by atoms with Crippen molar-refractivity contribution in [2.24, 2.45) is 23.5 Å². The highest BCUT2D eigenvalue weighted by atomic mass is 14.7. The first-order valence-corrected chi connectivity index (χ1v) is 8.82. The Hall–Kier alpha value is -0.0400. The van der Waals surface area contributed by atoms with E-state index in [0.717, 1.165) is 5.92 Å². The largest absolute Gasteiger partial charge is 0.327 e. The molecule has 0 aromatic heterocycles. The summed E-state index contributed by atoms with van der Waals surface area (Å²) in [4.78, 5) is 0. The first kappa shape index (κ1) is 19.0. The Morgan fingerprint density at radius 3 is 1.95 bits per heavy atom. The van der Waals surface area contributed by atoms with E-state index in [-0.39, 0.29) is 0 Å². The Bertz CT molecular complexity index is 190. The minimum Gasteiger partial charge on any atom is -0.327 e. The average molecular weight is 270 g/mol. The van der Waals surface area contributed by atoms with Crippen LogP contribution < -0.4 is 5.73 Å². The molecule has 0 rings (SSSR count). The van der Waals surface area contributed by atoms with Gasteiger partial charge in [0.1, 0.15) is 0 Å². The van der Waals surface area contributed by atoms with Crippen molar-refractivity contribution in [3.8, 4) is 0 Å². The third-order valence-electron chi connectivity index (χ3n) is 5.03. The zero-order valence-electron chi connectivity index (χ0n) is 14.3. The number of hydrogen-bond acceptors (Lipinski definition) is 1. The topological polar surface area (TPSA) is 26.0 Å². The Morgan fingerprint density at radius 1 is 0.737 bits per heavy atom. The summed E-state index contributed by atoms with van der Waals surface area (Å²) in [5.74, 6) is 2.28. The van der Waals surface area contributed by atoms with Crippen LogP contribution in [0.25, 0.3) is 0 Å². The lowest BCUT2D eigenvalue weighted by Gasteiger charge is -2.26. The highest BCUT2D eigenvalue weighted by Gasteiger charge is 2.19. The predicted octanol–water partition coefficient (Wildman–Crippen LogP) is 5.77. The fourth-order valence-electron chi connectivity index (χ4n) is 2.94. The maximum atomic E-state index is 6.34. The third-order valence-corrected chi connectivity index (χ3v) is 5.03. The quantitative estimate of drug-likeness (QED) is 0.447. The summed E-state index contributed by atoms with van der Waals surface area (Å²) < 4.78 is 0. The standard InChI is InChI=1S/C18H39N/c1-6-9-10-11-12-17(8-3)14-13-16(5)18(19)15(4)7-2/h15-18H,6-14,19H2,1-5H3. The Kier molecular flexibility index (Phi) is 11.7. The van der Waals surface area contributed by atoms with Gasteiger partial charge in [0.05, 0.1) is 0 Å². The summed E-state index contributed by atoms with van der Waals surface area (Å²) >= 11 is 0. The van der Waals surface area contributed by atoms with Crippen LogP contribution >= 0.6 is 0 Å². The molecule has 0 aromatic carbocycles. The summed E-state index contributed by atoms with van der Waals surface area (Å²) in [5, 5.41) is 0. The zero-order chi connectivity index (χ0) is 14.7. The first-order valence-electron chi connectivity index (χ1n) is 8.82. The minimum atomic E-state index is 0.391. The van der Waals surface area contributed by atoms with Gasteiger partial charge in [-0.3, -0.25) is 0 Å². The molecular weight excluding hydrogens is 230 g/mol. The van der Waals surface area contributed by atoms with Crippen molar-refractivity contribution >= 4 is 0 Å². The van der Waals surface area contributed by atoms with Gasteiger partial charge in [0.15, 0.2) is 0 Å². The van der Waals surface area contributed by atoms with Crippen LogP contribution in [-0.4, -0.2) is 6.04 Å². The van der Waals surface area contributed by atoms with Crippen molar-refractivity contribution in [1.29, 1.82) is 0 Å². The van der Waals surface area contributed by atoms with Crippen LogP contribution in [0.1, 0.15) is 92.4 Å². The summed E-state index contributed by atoms with van der Waals surface area (Å²) in [6.45, 7) is 11.5. The fraction of sp³-hybridized carbons (Fsp3) is 1.00. The lowest BCUT2D eigenvalue weighted by Crippen LogP contribution is -2.34. The summed E-state index contributed by atoms with van der Waals surface area (Å²) in [7, 11) is 0. The monoisotopic (exact) mass is 269 g/mol. The maximum absolute atomic E-state index is 6.34. The molecule has 4 atom stereocenters. The van der Waals surface area contributed by atoms with E-state index in [9.17, 15) is 0 Å². The third kappa shape index (κ3) is 8.68. The fourth-order valence-corrected chi connectivity index (χ4v) is 2.94. The minimum absolute atomic E-state index is 0.391. The maximum Gasteiger partial charge on any atom is 0.00902 e. The highest BCUT2D eigenvalue weighted by Crippen LogP contribution is 2.25. The van der Waals surface area contributed by atoms with Crippen LogP contribution in [0.3, 0.4) is 0 Å². The summed E-state index contributed by atoms with van der Waals surface area (Å²) in [6, 6.07) is 0.391. The predicted molar refractivity (Wildman–Crippen MR) is 88.4 cm³/mol. The van der Waals surface area contributed by atoms with Gasteiger partial charge < -0.3 is 5.73 Å². The number of rotatable bonds is 12. The van der Waals surface area contributed by atoms with Gasteiger partial charge >= 0.3 is 0 Å². The molecule has 0 radical (unpaired) electrons. The SMILES string of the molecule is CCCCCCC(CC)CCC(C)C(N)C(C)CC. The molecular formula is C18H39N. The second-order valence-corrected chi connectivity index (χ2v) is 6.64. The van der Waals surface area contributed by atoms with Gasteiger partial charge in [-0.2, -0.15) is 0 Å². The van der Waals surface area contributed by atoms with Gasteiger partial charge in [-0.1, -0.05) is 86.0 Å². The number of hydrogen-bond donors (Lipinski definition) is 1. The van der Waals surface area contributed by atoms with E-state index >= 15 is 0 Å². The van der Waals surface area contributed by atoms with Gasteiger partial charge in [0, 0.05) is 6.04 Å². The van der Waals surface area contributed by atoms with Gasteiger partial charge in [0.2, 0.25) is 0 Å². The molecule has 0 fully saturated rings. The van der Waals surface area contributed by atoms with E-state index in [0.29, 0.717) is 17.9 Å². The molecule has 19 heavy (non-hydrogen) atoms. The van der Waals surface area contributed by atoms with E-state index in [1.54, 1.807) is 0 Å². The van der Waals surface area contributed by atoms with Crippen LogP contribution in [0, 0.1) is 17.8 Å². The van der Waals surface area contributed by atoms with Gasteiger partial charge in [-0.05, 0) is 24.2 Å². The second kappa shape index (κ2) is 11.8. The van der Waals surface area contributed by atoms with Crippen LogP contribution in [0.15, 0.2) is 0 Å². The van der Waals surface area contributed by atoms with E-state index in [1.165, 1.54) is 57.8 Å². The first-order chi connectivity index (χ1) is 9.06. The van der Waals surface area contributed by atoms with Crippen molar-refractivity contribution in [2.45, 2.75) is 98.4 Å². The normalized spacial score (nSPS) is 18.0. The van der Waals surface area contributed by atoms with Gasteiger partial charge in [-0.25, -0.2) is 0 Å². The van der Waals surface area contributed by atoms with Crippen molar-refractivity contribution in [2.75, 3.05) is 0 Å². The van der Waals surface area contributed by atoms with Crippen molar-refractivity contribution in [1.82, 2.24) is 0 Å². The molecule has 0 aliphatic rings. The molecule has 116 valence electrons. The molecule has 0 heterocycles. The van der Waals surface area contributed by atoms with E-state index in [4.69, 9.17) is 5.73 Å². The lowest BCUT2D eigenvalue weighted by molar-refractivity contribution is 0.289. The van der Waals surface area contributed by atoms with Crippen molar-refractivity contribution in [3.63, 3.8) is 0 Å². The van der Waals surface area contributed by atoms with Crippen LogP contribution in [-0.2, 0) is 0 Å². The molecule has 2 N–H and O–H groups in total. The van der Waals surface area contributed by atoms with Crippen molar-refractivity contribution in [3.05, 3.63) is 0 Å². The number of unbranched alkanes of at least 4 members (excludes halogenated alkanes) is 3. The van der Waals surface area contributed by atoms with Crippen molar-refractivity contribution < 1.29 is 0 Å². The van der Waals surface area contributed by atoms with Crippen LogP contribution in [0.2, 0.25) is 0 Å². The molecule has 0 aliphatic heterocycles. The zero-order valence-corrected chi connectivity index (χ0v) is 14.3. The molecule has 4 unspecified atom stereocenters. The highest BCUT2D eigenvalue weighted by molar-refractivity contribution is 4.75. The van der Waals surface area contributed by atoms with E-state index < -0.39 is 0 Å². The van der Waals surface area contributed by atoms with E-state index in [2.05, 4.69) is 34.6 Å². The average Bonchev–Trinajstić information content (AvgIpc) is 2.44. The molecule has 0 aromatic rings. The summed E-state index contributed by atoms with van der Waals surface area (Å²) in [6.07, 6.45) is 12.3. The molecule has 1 heteroatoms. The second-order valence-electron chi connectivity index (χ2n) is 6.64. The molecule has 0 aliphatic carbocycles. The smallest absolute Gasteiger partial charge is 0.00902 e. The van der Waals surface area contributed by atoms with Gasteiger partial charge in [-0.15, -0.1) is 0 Å². The molecule has 0 spiro atoms. The molecule has 0 amide bonds. The van der Waals surface area contributed by atoms with Crippen LogP contribution in [0.4, 0.5) is 0 Å². The molecule has 0 bridgehead atoms. The Morgan fingerprint density at radius 2 is 1.42 bits per heavy atom. The molecule has 1 nitrogen and oxygen atoms in total. The number of nitrogens with two attached hydrogens (primary N) is 1. The Labute approximate surface area is 122 Å². The lowest BCUT2D eigenvalue weighted by atomic mass is 9.83. The van der Waals surface area contributed by atoms with E-state index in [1.807, 2.05) is 0 Å². The molecule has 0 saturated carbocycles. The molecule has 0 saturated heterocycles. The summed E-state index contributed by atoms with van der Waals surface area (Å²) in [5.41, 5.74) is 6.34. The van der Waals surface area contributed by atoms with Crippen LogP contribution in [0.5, 0.6) is 0 Å². The Balaban J connectivity index is 3.86.